The third-order valence-corrected chi connectivity index (χ3v) is 11.1. The van der Waals surface area contributed by atoms with E-state index in [1.165, 1.54) is 63.1 Å². The molecule has 3 unspecified atom stereocenters. The van der Waals surface area contributed by atoms with E-state index in [9.17, 15) is 0 Å². The summed E-state index contributed by atoms with van der Waals surface area (Å²) >= 11 is 0. The van der Waals surface area contributed by atoms with E-state index >= 15 is 0 Å². The van der Waals surface area contributed by atoms with E-state index in [0.29, 0.717) is 5.92 Å². The number of pyridine rings is 1. The van der Waals surface area contributed by atoms with E-state index in [4.69, 9.17) is 9.98 Å². The first-order valence-corrected chi connectivity index (χ1v) is 18.3. The maximum absolute atomic E-state index is 5.55. The number of benzene rings is 4. The van der Waals surface area contributed by atoms with E-state index in [1.807, 2.05) is 6.20 Å². The highest BCUT2D eigenvalue weighted by Gasteiger charge is 2.41. The molecule has 0 radical (unpaired) electrons. The normalized spacial score (nSPS) is 27.1. The molecule has 1 aliphatic heterocycles. The zero-order valence-corrected chi connectivity index (χ0v) is 29.2. The zero-order valence-electron chi connectivity index (χ0n) is 29.2. The maximum atomic E-state index is 5.55. The Morgan fingerprint density at radius 2 is 1.60 bits per heavy atom. The molecule has 1 fully saturated rings. The molecule has 4 atom stereocenters. The molecule has 248 valence electrons. The minimum absolute atomic E-state index is 0.0592. The van der Waals surface area contributed by atoms with Crippen molar-refractivity contribution in [2.45, 2.75) is 64.3 Å². The summed E-state index contributed by atoms with van der Waals surface area (Å²) in [6.07, 6.45) is 25.9. The molecule has 3 aliphatic rings. The third kappa shape index (κ3) is 6.57. The first kappa shape index (κ1) is 32.1. The molecule has 4 aromatic carbocycles. The Morgan fingerprint density at radius 1 is 0.800 bits per heavy atom. The average Bonchev–Trinajstić information content (AvgIpc) is 3.17. The molecule has 2 aliphatic carbocycles. The largest absolute Gasteiger partial charge is 0.264 e. The highest BCUT2D eigenvalue weighted by Crippen LogP contribution is 2.48. The molecule has 1 saturated carbocycles. The fourth-order valence-corrected chi connectivity index (χ4v) is 8.38. The van der Waals surface area contributed by atoms with Gasteiger partial charge >= 0.3 is 0 Å². The molecule has 1 aromatic heterocycles. The Labute approximate surface area is 296 Å². The second kappa shape index (κ2) is 14.0. The molecule has 3 nitrogen and oxygen atoms in total. The van der Waals surface area contributed by atoms with Crippen molar-refractivity contribution >= 4 is 33.1 Å². The first-order chi connectivity index (χ1) is 24.5. The maximum Gasteiger partial charge on any atom is 0.154 e. The number of nitrogens with zero attached hydrogens (tertiary/aromatic N) is 3. The van der Waals surface area contributed by atoms with Crippen LogP contribution in [0.5, 0.6) is 0 Å². The van der Waals surface area contributed by atoms with Crippen molar-refractivity contribution in [3.8, 4) is 11.1 Å². The molecule has 0 spiro atoms. The highest BCUT2D eigenvalue weighted by molar-refractivity contribution is 6.16. The van der Waals surface area contributed by atoms with E-state index < -0.39 is 0 Å². The summed E-state index contributed by atoms with van der Waals surface area (Å²) in [7, 11) is 0. The van der Waals surface area contributed by atoms with Crippen LogP contribution in [0.4, 0.5) is 0 Å². The van der Waals surface area contributed by atoms with Gasteiger partial charge in [-0.15, -0.1) is 0 Å². The van der Waals surface area contributed by atoms with Crippen molar-refractivity contribution in [3.05, 3.63) is 163 Å². The number of rotatable bonds is 5. The van der Waals surface area contributed by atoms with E-state index in [2.05, 4.69) is 159 Å². The van der Waals surface area contributed by atoms with Crippen LogP contribution in [0, 0.1) is 11.3 Å². The summed E-state index contributed by atoms with van der Waals surface area (Å²) in [6.45, 7) is 4.72. The molecule has 0 saturated heterocycles. The van der Waals surface area contributed by atoms with Gasteiger partial charge in [-0.2, -0.15) is 0 Å². The van der Waals surface area contributed by atoms with Crippen molar-refractivity contribution in [2.24, 2.45) is 21.3 Å². The molecule has 0 amide bonds. The Kier molecular flexibility index (Phi) is 8.98. The monoisotopic (exact) mass is 651 g/mol. The number of hydrogen-bond acceptors (Lipinski definition) is 3. The SMILES string of the molecule is CC1/C=C\C=C/C/C=C\C(C2=NC([C@]3(C)CCCC(c4cccnc4)C3)CC(c3ccc(-c4cc5ccccc5c5ccccc45)cc3)=N2)=C/1. The number of fused-ring (bicyclic) bond motifs is 3. The van der Waals surface area contributed by atoms with Crippen molar-refractivity contribution in [2.75, 3.05) is 0 Å². The molecule has 0 N–H and O–H groups in total. The Bertz CT molecular complexity index is 2200. The quantitative estimate of drug-likeness (QED) is 0.174. The van der Waals surface area contributed by atoms with Gasteiger partial charge in [0.25, 0.3) is 0 Å². The van der Waals surface area contributed by atoms with Crippen LogP contribution in [-0.4, -0.2) is 22.6 Å². The van der Waals surface area contributed by atoms with Crippen molar-refractivity contribution < 1.29 is 0 Å². The van der Waals surface area contributed by atoms with Gasteiger partial charge in [0.05, 0.1) is 11.8 Å². The second-order valence-electron chi connectivity index (χ2n) is 14.7. The number of aliphatic imine (C=N–C) groups is 2. The second-order valence-corrected chi connectivity index (χ2v) is 14.7. The van der Waals surface area contributed by atoms with Crippen LogP contribution < -0.4 is 0 Å². The van der Waals surface area contributed by atoms with Crippen molar-refractivity contribution in [3.63, 3.8) is 0 Å². The van der Waals surface area contributed by atoms with E-state index in [0.717, 1.165) is 36.4 Å². The van der Waals surface area contributed by atoms with Crippen LogP contribution in [0.1, 0.15) is 69.4 Å². The molecule has 0 bridgehead atoms. The van der Waals surface area contributed by atoms with Gasteiger partial charge in [0.1, 0.15) is 0 Å². The molecular weight excluding hydrogens is 607 g/mol. The fourth-order valence-electron chi connectivity index (χ4n) is 8.38. The van der Waals surface area contributed by atoms with Gasteiger partial charge in [-0.3, -0.25) is 9.98 Å². The minimum atomic E-state index is 0.0592. The van der Waals surface area contributed by atoms with Crippen LogP contribution in [0.2, 0.25) is 0 Å². The number of allylic oxidation sites excluding steroid dienone is 6. The lowest BCUT2D eigenvalue weighted by molar-refractivity contribution is 0.155. The van der Waals surface area contributed by atoms with Gasteiger partial charge in [-0.25, -0.2) is 4.99 Å². The number of amidine groups is 1. The zero-order chi connectivity index (χ0) is 33.9. The number of hydrogen-bond donors (Lipinski definition) is 0. The third-order valence-electron chi connectivity index (χ3n) is 11.1. The Hall–Kier alpha value is -5.15. The molecule has 50 heavy (non-hydrogen) atoms. The van der Waals surface area contributed by atoms with Crippen LogP contribution in [0.3, 0.4) is 0 Å². The van der Waals surface area contributed by atoms with Gasteiger partial charge in [0.15, 0.2) is 5.84 Å². The van der Waals surface area contributed by atoms with Gasteiger partial charge in [-0.1, -0.05) is 142 Å². The van der Waals surface area contributed by atoms with Crippen LogP contribution in [0.15, 0.2) is 161 Å². The van der Waals surface area contributed by atoms with E-state index in [-0.39, 0.29) is 17.4 Å². The van der Waals surface area contributed by atoms with Crippen molar-refractivity contribution in [1.29, 1.82) is 0 Å². The Morgan fingerprint density at radius 3 is 2.44 bits per heavy atom. The summed E-state index contributed by atoms with van der Waals surface area (Å²) < 4.78 is 0. The summed E-state index contributed by atoms with van der Waals surface area (Å²) in [5, 5.41) is 5.14. The summed E-state index contributed by atoms with van der Waals surface area (Å²) in [5.74, 6) is 1.64. The van der Waals surface area contributed by atoms with Gasteiger partial charge in [0.2, 0.25) is 0 Å². The summed E-state index contributed by atoms with van der Waals surface area (Å²) in [6, 6.07) is 33.5. The van der Waals surface area contributed by atoms with Gasteiger partial charge in [-0.05, 0) is 98.9 Å². The molecule has 8 rings (SSSR count). The predicted molar refractivity (Wildman–Crippen MR) is 212 cm³/mol. The summed E-state index contributed by atoms with van der Waals surface area (Å²) in [4.78, 5) is 15.4. The average molecular weight is 652 g/mol. The van der Waals surface area contributed by atoms with Crippen molar-refractivity contribution in [1.82, 2.24) is 4.98 Å². The molecule has 2 heterocycles. The lowest BCUT2D eigenvalue weighted by atomic mass is 9.64. The van der Waals surface area contributed by atoms with Crippen LogP contribution >= 0.6 is 0 Å². The van der Waals surface area contributed by atoms with Crippen LogP contribution in [0.25, 0.3) is 32.7 Å². The number of aromatic nitrogens is 1. The van der Waals surface area contributed by atoms with Gasteiger partial charge < -0.3 is 0 Å². The smallest absolute Gasteiger partial charge is 0.154 e. The van der Waals surface area contributed by atoms with Crippen LogP contribution in [-0.2, 0) is 0 Å². The van der Waals surface area contributed by atoms with E-state index in [1.54, 1.807) is 0 Å². The molecule has 5 aromatic rings. The molecular formula is C47H45N3. The standard InChI is InChI=1S/C47H45N3/c1-33-14-6-4-3-5-7-16-37(28-33)46-49-44(30-45(50-46)47(2)26-12-17-38(31-47)39-18-13-27-48-32-39)35-24-22-34(23-25-35)43-29-36-15-8-9-19-40(36)41-20-10-11-21-42(41)43/h3-4,6-11,13-16,18-25,27-29,32-33,38,45H,5,12,17,26,30-31H2,1-2H3/b4-3-,14-6-,16-7-,37-28+/t33?,38?,45?,47-/m1/s1. The minimum Gasteiger partial charge on any atom is -0.264 e. The predicted octanol–water partition coefficient (Wildman–Crippen LogP) is 12.0. The fraction of sp³-hybridized carbons (Fsp3) is 0.255. The Balaban J connectivity index is 1.18. The molecule has 3 heteroatoms. The highest BCUT2D eigenvalue weighted by atomic mass is 15.0. The lowest BCUT2D eigenvalue weighted by Crippen LogP contribution is -2.39. The first-order valence-electron chi connectivity index (χ1n) is 18.3. The van der Waals surface area contributed by atoms with Gasteiger partial charge in [0, 0.05) is 24.4 Å². The summed E-state index contributed by atoms with van der Waals surface area (Å²) in [5.41, 5.74) is 7.33. The lowest BCUT2D eigenvalue weighted by Gasteiger charge is -2.43. The topological polar surface area (TPSA) is 37.6 Å².